The van der Waals surface area contributed by atoms with Gasteiger partial charge in [-0.15, -0.1) is 0 Å². The van der Waals surface area contributed by atoms with Gasteiger partial charge in [0.25, 0.3) is 0 Å². The van der Waals surface area contributed by atoms with Crippen LogP contribution in [0.5, 0.6) is 11.5 Å². The van der Waals surface area contributed by atoms with Gasteiger partial charge in [0.1, 0.15) is 5.82 Å². The van der Waals surface area contributed by atoms with Crippen molar-refractivity contribution in [3.8, 4) is 22.8 Å². The Morgan fingerprint density at radius 2 is 1.92 bits per heavy atom. The molecule has 11 heteroatoms. The van der Waals surface area contributed by atoms with E-state index in [2.05, 4.69) is 9.97 Å². The van der Waals surface area contributed by atoms with Gasteiger partial charge in [-0.1, -0.05) is 18.2 Å². The van der Waals surface area contributed by atoms with Crippen molar-refractivity contribution in [1.82, 2.24) is 15.0 Å². The molecule has 1 aliphatic heterocycles. The molecule has 186 valence electrons. The molecule has 5 rings (SSSR count). The van der Waals surface area contributed by atoms with E-state index in [1.54, 1.807) is 33.5 Å². The maximum Gasteiger partial charge on any atom is 0.228 e. The summed E-state index contributed by atoms with van der Waals surface area (Å²) in [6, 6.07) is 13.1. The number of nitrogens with two attached hydrogens (primary N) is 1. The zero-order valence-electron chi connectivity index (χ0n) is 20.1. The van der Waals surface area contributed by atoms with Crippen LogP contribution < -0.4 is 24.4 Å². The maximum atomic E-state index is 11.6. The second-order valence-electron chi connectivity index (χ2n) is 8.35. The van der Waals surface area contributed by atoms with Crippen LogP contribution in [0, 0.1) is 0 Å². The molecule has 1 aliphatic rings. The van der Waals surface area contributed by atoms with Crippen molar-refractivity contribution in [3.05, 3.63) is 59.8 Å². The highest BCUT2D eigenvalue weighted by atomic mass is 32.2. The minimum absolute atomic E-state index is 0.305. The predicted molar refractivity (Wildman–Crippen MR) is 140 cm³/mol. The molecule has 0 saturated heterocycles. The summed E-state index contributed by atoms with van der Waals surface area (Å²) in [5, 5.41) is 0.635. The average Bonchev–Trinajstić information content (AvgIpc) is 2.91. The number of rotatable bonds is 6. The number of aromatic nitrogens is 3. The van der Waals surface area contributed by atoms with Gasteiger partial charge in [-0.25, -0.2) is 13.4 Å². The van der Waals surface area contributed by atoms with Gasteiger partial charge < -0.3 is 20.1 Å². The standard InChI is InChI=1S/C25H26N6O4S/c1-30(36(32)33)19-9-6-7-15-14-31(12-10-16(15)19)25-28-18-13-20(34-2)23(35-3)21(22(18)24(26)29-25)17-8-4-5-11-27-17/h4-9,11,13,36H,10,12,14H2,1-3H3,(H2,26,28,29). The Morgan fingerprint density at radius 3 is 2.61 bits per heavy atom. The number of ether oxygens (including phenoxy) is 2. The second-order valence-corrected chi connectivity index (χ2v) is 9.43. The number of thiol groups is 1. The second kappa shape index (κ2) is 9.50. The summed E-state index contributed by atoms with van der Waals surface area (Å²) in [4.78, 5) is 16.0. The van der Waals surface area contributed by atoms with E-state index in [0.717, 1.165) is 11.1 Å². The molecule has 0 aliphatic carbocycles. The Morgan fingerprint density at radius 1 is 1.08 bits per heavy atom. The highest BCUT2D eigenvalue weighted by Gasteiger charge is 2.26. The SMILES string of the molecule is COc1cc2nc(N3CCc4c(cccc4N(C)[SH](=O)=O)C3)nc(N)c2c(-c2ccccn2)c1OC. The van der Waals surface area contributed by atoms with Crippen molar-refractivity contribution in [2.45, 2.75) is 13.0 Å². The number of anilines is 3. The van der Waals surface area contributed by atoms with Gasteiger partial charge >= 0.3 is 0 Å². The molecule has 0 atom stereocenters. The van der Waals surface area contributed by atoms with Crippen LogP contribution in [0.1, 0.15) is 11.1 Å². The van der Waals surface area contributed by atoms with E-state index in [1.807, 2.05) is 41.3 Å². The minimum Gasteiger partial charge on any atom is -0.493 e. The fraction of sp³-hybridized carbons (Fsp3) is 0.240. The van der Waals surface area contributed by atoms with E-state index in [1.165, 1.54) is 4.31 Å². The summed E-state index contributed by atoms with van der Waals surface area (Å²) >= 11 is 0. The van der Waals surface area contributed by atoms with Crippen LogP contribution in [0.25, 0.3) is 22.2 Å². The van der Waals surface area contributed by atoms with Gasteiger partial charge in [0, 0.05) is 32.4 Å². The Bertz CT molecular complexity index is 1520. The lowest BCUT2D eigenvalue weighted by Crippen LogP contribution is -2.33. The molecule has 2 N–H and O–H groups in total. The largest absolute Gasteiger partial charge is 0.493 e. The van der Waals surface area contributed by atoms with Crippen molar-refractivity contribution in [1.29, 1.82) is 0 Å². The molecule has 0 spiro atoms. The van der Waals surface area contributed by atoms with E-state index in [9.17, 15) is 8.42 Å². The fourth-order valence-corrected chi connectivity index (χ4v) is 5.04. The lowest BCUT2D eigenvalue weighted by Gasteiger charge is -2.31. The van der Waals surface area contributed by atoms with E-state index >= 15 is 0 Å². The predicted octanol–water partition coefficient (Wildman–Crippen LogP) is 2.82. The van der Waals surface area contributed by atoms with E-state index in [4.69, 9.17) is 20.2 Å². The summed E-state index contributed by atoms with van der Waals surface area (Å²) in [6.07, 6.45) is 2.34. The molecule has 0 amide bonds. The van der Waals surface area contributed by atoms with Crippen molar-refractivity contribution in [2.24, 2.45) is 0 Å². The Hall–Kier alpha value is -4.12. The van der Waals surface area contributed by atoms with E-state index in [0.29, 0.717) is 70.6 Å². The van der Waals surface area contributed by atoms with Crippen LogP contribution >= 0.6 is 0 Å². The number of methoxy groups -OCH3 is 2. The molecule has 0 radical (unpaired) electrons. The van der Waals surface area contributed by atoms with Crippen LogP contribution in [0.3, 0.4) is 0 Å². The van der Waals surface area contributed by atoms with Gasteiger partial charge in [-0.3, -0.25) is 9.29 Å². The molecule has 0 fully saturated rings. The number of hydrogen-bond donors (Lipinski definition) is 2. The first-order valence-electron chi connectivity index (χ1n) is 11.3. The molecule has 0 unspecified atom stereocenters. The Balaban J connectivity index is 1.61. The summed E-state index contributed by atoms with van der Waals surface area (Å²) in [5.41, 5.74) is 11.2. The summed E-state index contributed by atoms with van der Waals surface area (Å²) in [5.74, 6) is 1.81. The molecule has 0 bridgehead atoms. The number of benzene rings is 2. The third kappa shape index (κ3) is 4.01. The number of nitrogen functional groups attached to an aromatic ring is 1. The first kappa shape index (κ1) is 23.6. The summed E-state index contributed by atoms with van der Waals surface area (Å²) in [6.45, 7) is 1.14. The van der Waals surface area contributed by atoms with Crippen LogP contribution in [0.4, 0.5) is 17.5 Å². The van der Waals surface area contributed by atoms with Crippen LogP contribution in [-0.4, -0.2) is 51.2 Å². The molecule has 2 aromatic heterocycles. The fourth-order valence-electron chi connectivity index (χ4n) is 4.67. The summed E-state index contributed by atoms with van der Waals surface area (Å²) in [7, 11) is 1.99. The van der Waals surface area contributed by atoms with Crippen molar-refractivity contribution in [2.75, 3.05) is 42.8 Å². The molecule has 2 aromatic carbocycles. The van der Waals surface area contributed by atoms with Gasteiger partial charge in [0.15, 0.2) is 11.5 Å². The lowest BCUT2D eigenvalue weighted by atomic mass is 9.98. The monoisotopic (exact) mass is 506 g/mol. The first-order chi connectivity index (χ1) is 17.4. The number of nitrogens with zero attached hydrogens (tertiary/aromatic N) is 5. The first-order valence-corrected chi connectivity index (χ1v) is 12.4. The molecule has 0 saturated carbocycles. The third-order valence-corrected chi connectivity index (χ3v) is 7.09. The maximum absolute atomic E-state index is 11.6. The number of hydrogen-bond acceptors (Lipinski definition) is 9. The zero-order valence-corrected chi connectivity index (χ0v) is 21.0. The molecular weight excluding hydrogens is 480 g/mol. The van der Waals surface area contributed by atoms with Crippen molar-refractivity contribution < 1.29 is 17.9 Å². The molecular formula is C25H26N6O4S. The van der Waals surface area contributed by atoms with Gasteiger partial charge in [-0.05, 0) is 35.7 Å². The molecule has 10 nitrogen and oxygen atoms in total. The van der Waals surface area contributed by atoms with E-state index < -0.39 is 10.9 Å². The van der Waals surface area contributed by atoms with Crippen LogP contribution in [-0.2, 0) is 23.9 Å². The van der Waals surface area contributed by atoms with Crippen molar-refractivity contribution in [3.63, 3.8) is 0 Å². The Kier molecular flexibility index (Phi) is 6.23. The minimum atomic E-state index is -2.71. The normalized spacial score (nSPS) is 13.1. The molecule has 36 heavy (non-hydrogen) atoms. The van der Waals surface area contributed by atoms with E-state index in [-0.39, 0.29) is 0 Å². The Labute approximate surface area is 210 Å². The molecule has 3 heterocycles. The van der Waals surface area contributed by atoms with Crippen molar-refractivity contribution >= 4 is 39.2 Å². The average molecular weight is 507 g/mol. The van der Waals surface area contributed by atoms with Gasteiger partial charge in [-0.2, -0.15) is 4.98 Å². The topological polar surface area (TPSA) is 124 Å². The van der Waals surface area contributed by atoms with Gasteiger partial charge in [0.05, 0.1) is 42.1 Å². The number of pyridine rings is 1. The molecule has 4 aromatic rings. The van der Waals surface area contributed by atoms with Crippen LogP contribution in [0.15, 0.2) is 48.7 Å². The highest BCUT2D eigenvalue weighted by Crippen LogP contribution is 2.45. The number of fused-ring (bicyclic) bond motifs is 2. The zero-order chi connectivity index (χ0) is 25.4. The highest BCUT2D eigenvalue weighted by molar-refractivity contribution is 7.74. The quantitative estimate of drug-likeness (QED) is 0.380. The third-order valence-electron chi connectivity index (χ3n) is 6.38. The summed E-state index contributed by atoms with van der Waals surface area (Å²) < 4.78 is 35.7. The lowest BCUT2D eigenvalue weighted by molar-refractivity contribution is 0.357. The smallest absolute Gasteiger partial charge is 0.228 e. The van der Waals surface area contributed by atoms with Gasteiger partial charge in [0.2, 0.25) is 16.8 Å². The van der Waals surface area contributed by atoms with Crippen LogP contribution in [0.2, 0.25) is 0 Å².